The molecule has 0 radical (unpaired) electrons. The second-order valence-corrected chi connectivity index (χ2v) is 12.1. The van der Waals surface area contributed by atoms with Crippen LogP contribution < -0.4 is 15.9 Å². The first-order chi connectivity index (χ1) is 14.6. The molecule has 156 valence electrons. The summed E-state index contributed by atoms with van der Waals surface area (Å²) in [6.45, 7) is 4.72. The zero-order chi connectivity index (χ0) is 20.9. The maximum atomic E-state index is 6.02. The average Bonchev–Trinajstić information content (AvgIpc) is 3.14. The SMILES string of the molecule is CC1(C)OCC(CCCC[P+](c2ccccc2)(c2ccccc2)c2ccccc2)O1. The van der Waals surface area contributed by atoms with Crippen LogP contribution in [0.3, 0.4) is 0 Å². The fraction of sp³-hybridized carbons (Fsp3) is 0.333. The highest BCUT2D eigenvalue weighted by Gasteiger charge is 2.44. The van der Waals surface area contributed by atoms with Gasteiger partial charge in [0.2, 0.25) is 0 Å². The highest BCUT2D eigenvalue weighted by atomic mass is 31.2. The highest BCUT2D eigenvalue weighted by Crippen LogP contribution is 2.56. The van der Waals surface area contributed by atoms with Crippen molar-refractivity contribution in [1.29, 1.82) is 0 Å². The summed E-state index contributed by atoms with van der Waals surface area (Å²) in [6.07, 6.45) is 4.77. The van der Waals surface area contributed by atoms with Crippen LogP contribution >= 0.6 is 7.26 Å². The molecule has 0 bridgehead atoms. The van der Waals surface area contributed by atoms with Gasteiger partial charge in [-0.05, 0) is 69.5 Å². The third-order valence-electron chi connectivity index (χ3n) is 5.93. The molecule has 3 heteroatoms. The third kappa shape index (κ3) is 4.67. The zero-order valence-electron chi connectivity index (χ0n) is 18.0. The van der Waals surface area contributed by atoms with E-state index in [1.54, 1.807) is 0 Å². The minimum absolute atomic E-state index is 0.220. The standard InChI is InChI=1S/C27H32O2P/c1-27(2)28-22-23(29-27)14-12-13-21-30(24-15-6-3-7-16-24,25-17-8-4-9-18-25)26-19-10-5-11-20-26/h3-11,15-20,23H,12-14,21-22H2,1-2H3/q+1. The molecule has 0 N–H and O–H groups in total. The van der Waals surface area contributed by atoms with Crippen molar-refractivity contribution < 1.29 is 9.47 Å². The van der Waals surface area contributed by atoms with Crippen molar-refractivity contribution in [1.82, 2.24) is 0 Å². The lowest BCUT2D eigenvalue weighted by atomic mass is 10.2. The van der Waals surface area contributed by atoms with Gasteiger partial charge in [-0.2, -0.15) is 0 Å². The summed E-state index contributed by atoms with van der Waals surface area (Å²) in [6, 6.07) is 33.4. The van der Waals surface area contributed by atoms with Crippen molar-refractivity contribution in [2.75, 3.05) is 12.8 Å². The summed E-state index contributed by atoms with van der Waals surface area (Å²) in [4.78, 5) is 0. The van der Waals surface area contributed by atoms with E-state index in [1.807, 2.05) is 13.8 Å². The molecule has 30 heavy (non-hydrogen) atoms. The summed E-state index contributed by atoms with van der Waals surface area (Å²) in [5, 5.41) is 4.39. The van der Waals surface area contributed by atoms with Crippen molar-refractivity contribution in [3.63, 3.8) is 0 Å². The molecule has 4 rings (SSSR count). The molecule has 0 aromatic heterocycles. The Balaban J connectivity index is 1.62. The Morgan fingerprint density at radius 2 is 1.20 bits per heavy atom. The summed E-state index contributed by atoms with van der Waals surface area (Å²) in [5.41, 5.74) is 0. The quantitative estimate of drug-likeness (QED) is 0.364. The van der Waals surface area contributed by atoms with Crippen LogP contribution in [0.15, 0.2) is 91.0 Å². The number of unbranched alkanes of at least 4 members (excludes halogenated alkanes) is 1. The Morgan fingerprint density at radius 3 is 1.60 bits per heavy atom. The van der Waals surface area contributed by atoms with Gasteiger partial charge in [0.25, 0.3) is 0 Å². The van der Waals surface area contributed by atoms with E-state index in [4.69, 9.17) is 9.47 Å². The van der Waals surface area contributed by atoms with Crippen LogP contribution in [0.25, 0.3) is 0 Å². The van der Waals surface area contributed by atoms with Crippen LogP contribution in [-0.2, 0) is 9.47 Å². The summed E-state index contributed by atoms with van der Waals surface area (Å²) in [5.74, 6) is -0.431. The normalized spacial score (nSPS) is 18.4. The molecule has 1 aliphatic rings. The first-order valence-electron chi connectivity index (χ1n) is 11.0. The zero-order valence-corrected chi connectivity index (χ0v) is 18.9. The van der Waals surface area contributed by atoms with Crippen LogP contribution in [0.4, 0.5) is 0 Å². The lowest BCUT2D eigenvalue weighted by molar-refractivity contribution is -0.139. The Kier molecular flexibility index (Phi) is 6.68. The molecule has 3 aromatic carbocycles. The molecule has 1 atom stereocenters. The molecule has 0 saturated carbocycles. The molecule has 2 nitrogen and oxygen atoms in total. The minimum Gasteiger partial charge on any atom is -0.348 e. The van der Waals surface area contributed by atoms with Crippen LogP contribution in [0.1, 0.15) is 33.1 Å². The monoisotopic (exact) mass is 419 g/mol. The van der Waals surface area contributed by atoms with E-state index in [-0.39, 0.29) is 6.10 Å². The van der Waals surface area contributed by atoms with E-state index in [0.29, 0.717) is 6.61 Å². The molecule has 3 aromatic rings. The van der Waals surface area contributed by atoms with Gasteiger partial charge in [0, 0.05) is 0 Å². The first-order valence-corrected chi connectivity index (χ1v) is 12.9. The molecular weight excluding hydrogens is 387 g/mol. The second-order valence-electron chi connectivity index (χ2n) is 8.49. The molecule has 1 unspecified atom stereocenters. The summed E-state index contributed by atoms with van der Waals surface area (Å²) >= 11 is 0. The molecule has 0 aliphatic carbocycles. The predicted molar refractivity (Wildman–Crippen MR) is 129 cm³/mol. The smallest absolute Gasteiger partial charge is 0.163 e. The van der Waals surface area contributed by atoms with E-state index < -0.39 is 13.0 Å². The maximum absolute atomic E-state index is 6.02. The fourth-order valence-electron chi connectivity index (χ4n) is 4.51. The van der Waals surface area contributed by atoms with Gasteiger partial charge < -0.3 is 9.47 Å². The van der Waals surface area contributed by atoms with Gasteiger partial charge in [-0.15, -0.1) is 0 Å². The molecule has 1 aliphatic heterocycles. The molecule has 0 amide bonds. The van der Waals surface area contributed by atoms with Crippen molar-refractivity contribution in [2.24, 2.45) is 0 Å². The molecule has 0 spiro atoms. The topological polar surface area (TPSA) is 18.5 Å². The number of hydrogen-bond acceptors (Lipinski definition) is 2. The van der Waals surface area contributed by atoms with E-state index in [1.165, 1.54) is 28.5 Å². The average molecular weight is 420 g/mol. The van der Waals surface area contributed by atoms with Crippen LogP contribution in [-0.4, -0.2) is 24.7 Å². The summed E-state index contributed by atoms with van der Waals surface area (Å²) < 4.78 is 11.8. The van der Waals surface area contributed by atoms with E-state index in [2.05, 4.69) is 91.0 Å². The third-order valence-corrected chi connectivity index (χ3v) is 10.5. The Morgan fingerprint density at radius 1 is 0.733 bits per heavy atom. The maximum Gasteiger partial charge on any atom is 0.163 e. The first kappa shape index (κ1) is 21.2. The van der Waals surface area contributed by atoms with Crippen LogP contribution in [0.5, 0.6) is 0 Å². The Labute approximate surface area is 181 Å². The number of rotatable bonds is 8. The van der Waals surface area contributed by atoms with Crippen molar-refractivity contribution in [2.45, 2.75) is 45.0 Å². The molecule has 1 heterocycles. The second kappa shape index (κ2) is 9.43. The predicted octanol–water partition coefficient (Wildman–Crippen LogP) is 5.30. The number of hydrogen-bond donors (Lipinski definition) is 0. The minimum atomic E-state index is -1.71. The van der Waals surface area contributed by atoms with Gasteiger partial charge in [0.05, 0.1) is 18.9 Å². The van der Waals surface area contributed by atoms with Crippen molar-refractivity contribution >= 4 is 23.2 Å². The van der Waals surface area contributed by atoms with Crippen LogP contribution in [0, 0.1) is 0 Å². The Bertz CT molecular complexity index is 813. The molecule has 1 fully saturated rings. The highest BCUT2D eigenvalue weighted by molar-refractivity contribution is 7.95. The van der Waals surface area contributed by atoms with Gasteiger partial charge in [-0.1, -0.05) is 54.6 Å². The number of ether oxygens (including phenoxy) is 2. The van der Waals surface area contributed by atoms with Gasteiger partial charge in [0.1, 0.15) is 23.2 Å². The lowest BCUT2D eigenvalue weighted by Gasteiger charge is -2.28. The van der Waals surface area contributed by atoms with Crippen LogP contribution in [0.2, 0.25) is 0 Å². The van der Waals surface area contributed by atoms with Gasteiger partial charge in [-0.3, -0.25) is 0 Å². The fourth-order valence-corrected chi connectivity index (χ4v) is 8.92. The largest absolute Gasteiger partial charge is 0.348 e. The van der Waals surface area contributed by atoms with E-state index in [9.17, 15) is 0 Å². The van der Waals surface area contributed by atoms with Gasteiger partial charge >= 0.3 is 0 Å². The lowest BCUT2D eigenvalue weighted by Crippen LogP contribution is -2.33. The van der Waals surface area contributed by atoms with Crippen molar-refractivity contribution in [3.8, 4) is 0 Å². The van der Waals surface area contributed by atoms with E-state index in [0.717, 1.165) is 12.8 Å². The molecule has 1 saturated heterocycles. The van der Waals surface area contributed by atoms with Gasteiger partial charge in [-0.25, -0.2) is 0 Å². The van der Waals surface area contributed by atoms with Gasteiger partial charge in [0.15, 0.2) is 5.79 Å². The number of benzene rings is 3. The summed E-state index contributed by atoms with van der Waals surface area (Å²) in [7, 11) is -1.71. The van der Waals surface area contributed by atoms with E-state index >= 15 is 0 Å². The van der Waals surface area contributed by atoms with Crippen molar-refractivity contribution in [3.05, 3.63) is 91.0 Å². The molecular formula is C27H32O2P+. The Hall–Kier alpha value is -1.99.